The molecule has 0 spiro atoms. The molecule has 0 aliphatic rings. The van der Waals surface area contributed by atoms with Crippen LogP contribution in [0, 0.1) is 0 Å². The van der Waals surface area contributed by atoms with Gasteiger partial charge in [0.15, 0.2) is 0 Å². The van der Waals surface area contributed by atoms with Crippen molar-refractivity contribution in [3.63, 3.8) is 0 Å². The number of rotatable bonds is 2. The SMILES string of the molecule is O=c1cnc(-c2ccccn2)c(-c2ccccn2)[nH]1. The fourth-order valence-electron chi connectivity index (χ4n) is 1.80. The number of aromatic nitrogens is 4. The van der Waals surface area contributed by atoms with Gasteiger partial charge in [-0.05, 0) is 24.3 Å². The van der Waals surface area contributed by atoms with Crippen molar-refractivity contribution in [3.8, 4) is 22.8 Å². The van der Waals surface area contributed by atoms with E-state index in [4.69, 9.17) is 0 Å². The third-order valence-corrected chi connectivity index (χ3v) is 2.62. The average Bonchev–Trinajstić information content (AvgIpc) is 2.49. The number of aromatic amines is 1. The first-order valence-electron chi connectivity index (χ1n) is 5.77. The predicted octanol–water partition coefficient (Wildman–Crippen LogP) is 1.89. The summed E-state index contributed by atoms with van der Waals surface area (Å²) >= 11 is 0. The lowest BCUT2D eigenvalue weighted by Gasteiger charge is -2.06. The molecule has 0 unspecified atom stereocenters. The normalized spacial score (nSPS) is 10.3. The molecule has 3 aromatic heterocycles. The number of H-pyrrole nitrogens is 1. The molecule has 0 bridgehead atoms. The lowest BCUT2D eigenvalue weighted by atomic mass is 10.1. The summed E-state index contributed by atoms with van der Waals surface area (Å²) < 4.78 is 0. The Kier molecular flexibility index (Phi) is 2.86. The minimum atomic E-state index is -0.264. The Balaban J connectivity index is 2.24. The van der Waals surface area contributed by atoms with Crippen LogP contribution in [0.4, 0.5) is 0 Å². The van der Waals surface area contributed by atoms with Gasteiger partial charge in [-0.25, -0.2) is 4.98 Å². The van der Waals surface area contributed by atoms with E-state index in [1.54, 1.807) is 12.4 Å². The van der Waals surface area contributed by atoms with Gasteiger partial charge in [-0.2, -0.15) is 0 Å². The Morgan fingerprint density at radius 1 is 0.842 bits per heavy atom. The van der Waals surface area contributed by atoms with Crippen LogP contribution in [-0.4, -0.2) is 19.9 Å². The van der Waals surface area contributed by atoms with Gasteiger partial charge < -0.3 is 4.98 Å². The zero-order chi connectivity index (χ0) is 13.1. The van der Waals surface area contributed by atoms with Gasteiger partial charge in [0.05, 0.1) is 23.3 Å². The lowest BCUT2D eigenvalue weighted by molar-refractivity contribution is 1.12. The van der Waals surface area contributed by atoms with Crippen molar-refractivity contribution in [2.45, 2.75) is 0 Å². The summed E-state index contributed by atoms with van der Waals surface area (Å²) in [5.41, 5.74) is 2.28. The second-order valence-corrected chi connectivity index (χ2v) is 3.90. The summed E-state index contributed by atoms with van der Waals surface area (Å²) in [6, 6.07) is 11.0. The van der Waals surface area contributed by atoms with Crippen LogP contribution in [0.25, 0.3) is 22.8 Å². The van der Waals surface area contributed by atoms with E-state index in [1.165, 1.54) is 6.20 Å². The molecule has 0 aliphatic heterocycles. The maximum Gasteiger partial charge on any atom is 0.266 e. The number of nitrogens with zero attached hydrogens (tertiary/aromatic N) is 3. The third-order valence-electron chi connectivity index (χ3n) is 2.62. The number of nitrogens with one attached hydrogen (secondary N) is 1. The van der Waals surface area contributed by atoms with Crippen molar-refractivity contribution in [2.24, 2.45) is 0 Å². The Morgan fingerprint density at radius 2 is 1.53 bits per heavy atom. The number of pyridine rings is 2. The zero-order valence-electron chi connectivity index (χ0n) is 9.95. The molecule has 0 radical (unpaired) electrons. The Morgan fingerprint density at radius 3 is 2.16 bits per heavy atom. The van der Waals surface area contributed by atoms with Crippen molar-refractivity contribution < 1.29 is 0 Å². The topological polar surface area (TPSA) is 71.5 Å². The highest BCUT2D eigenvalue weighted by Crippen LogP contribution is 2.23. The van der Waals surface area contributed by atoms with Crippen LogP contribution < -0.4 is 5.56 Å². The second kappa shape index (κ2) is 4.81. The van der Waals surface area contributed by atoms with Crippen molar-refractivity contribution in [2.75, 3.05) is 0 Å². The first-order valence-corrected chi connectivity index (χ1v) is 5.77. The van der Waals surface area contributed by atoms with Gasteiger partial charge in [0.25, 0.3) is 5.56 Å². The highest BCUT2D eigenvalue weighted by atomic mass is 16.1. The van der Waals surface area contributed by atoms with Gasteiger partial charge in [-0.1, -0.05) is 12.1 Å². The van der Waals surface area contributed by atoms with E-state index >= 15 is 0 Å². The minimum Gasteiger partial charge on any atom is -0.317 e. The molecule has 0 fully saturated rings. The molecule has 5 nitrogen and oxygen atoms in total. The van der Waals surface area contributed by atoms with E-state index in [9.17, 15) is 4.79 Å². The highest BCUT2D eigenvalue weighted by Gasteiger charge is 2.11. The van der Waals surface area contributed by atoms with Crippen molar-refractivity contribution in [3.05, 3.63) is 65.3 Å². The van der Waals surface area contributed by atoms with Gasteiger partial charge >= 0.3 is 0 Å². The number of hydrogen-bond donors (Lipinski definition) is 1. The summed E-state index contributed by atoms with van der Waals surface area (Å²) in [7, 11) is 0. The van der Waals surface area contributed by atoms with Crippen LogP contribution in [0.5, 0.6) is 0 Å². The molecule has 0 aromatic carbocycles. The molecule has 0 saturated carbocycles. The molecule has 0 atom stereocenters. The van der Waals surface area contributed by atoms with Crippen LogP contribution in [0.1, 0.15) is 0 Å². The summed E-state index contributed by atoms with van der Waals surface area (Å²) in [5, 5.41) is 0. The van der Waals surface area contributed by atoms with E-state index in [0.717, 1.165) is 0 Å². The largest absolute Gasteiger partial charge is 0.317 e. The molecule has 3 rings (SSSR count). The van der Waals surface area contributed by atoms with Crippen molar-refractivity contribution in [1.82, 2.24) is 19.9 Å². The number of hydrogen-bond acceptors (Lipinski definition) is 4. The maximum absolute atomic E-state index is 11.5. The summed E-state index contributed by atoms with van der Waals surface area (Å²) in [6.07, 6.45) is 4.60. The van der Waals surface area contributed by atoms with Crippen LogP contribution in [0.15, 0.2) is 59.8 Å². The zero-order valence-corrected chi connectivity index (χ0v) is 9.95. The van der Waals surface area contributed by atoms with Crippen LogP contribution >= 0.6 is 0 Å². The third kappa shape index (κ3) is 2.26. The first-order chi connectivity index (χ1) is 9.34. The summed E-state index contributed by atoms with van der Waals surface area (Å²) in [4.78, 5) is 26.9. The van der Waals surface area contributed by atoms with Crippen LogP contribution in [0.3, 0.4) is 0 Å². The fraction of sp³-hybridized carbons (Fsp3) is 0. The van der Waals surface area contributed by atoms with Gasteiger partial charge in [0.2, 0.25) is 0 Å². The molecule has 1 N–H and O–H groups in total. The standard InChI is InChI=1S/C14H10N4O/c19-12-9-17-13(10-5-1-3-7-15-10)14(18-12)11-6-2-4-8-16-11/h1-9H,(H,18,19). The van der Waals surface area contributed by atoms with Gasteiger partial charge in [-0.3, -0.25) is 14.8 Å². The Labute approximate surface area is 109 Å². The van der Waals surface area contributed by atoms with Gasteiger partial charge in [0.1, 0.15) is 5.69 Å². The monoisotopic (exact) mass is 250 g/mol. The predicted molar refractivity (Wildman–Crippen MR) is 71.3 cm³/mol. The molecule has 3 aromatic rings. The molecule has 0 saturated heterocycles. The molecular formula is C14H10N4O. The second-order valence-electron chi connectivity index (χ2n) is 3.90. The van der Waals surface area contributed by atoms with E-state index in [1.807, 2.05) is 36.4 Å². The molecule has 92 valence electrons. The van der Waals surface area contributed by atoms with Crippen molar-refractivity contribution >= 4 is 0 Å². The van der Waals surface area contributed by atoms with Crippen LogP contribution in [-0.2, 0) is 0 Å². The van der Waals surface area contributed by atoms with Gasteiger partial charge in [0, 0.05) is 12.4 Å². The summed E-state index contributed by atoms with van der Waals surface area (Å²) in [5.74, 6) is 0. The van der Waals surface area contributed by atoms with E-state index in [0.29, 0.717) is 22.8 Å². The Hall–Kier alpha value is -2.82. The fourth-order valence-corrected chi connectivity index (χ4v) is 1.80. The van der Waals surface area contributed by atoms with E-state index in [-0.39, 0.29) is 5.56 Å². The highest BCUT2D eigenvalue weighted by molar-refractivity contribution is 5.73. The van der Waals surface area contributed by atoms with E-state index in [2.05, 4.69) is 19.9 Å². The quantitative estimate of drug-likeness (QED) is 0.754. The minimum absolute atomic E-state index is 0.264. The Bertz CT molecular complexity index is 738. The first kappa shape index (κ1) is 11.3. The average molecular weight is 250 g/mol. The molecule has 5 heteroatoms. The van der Waals surface area contributed by atoms with Crippen LogP contribution in [0.2, 0.25) is 0 Å². The summed E-state index contributed by atoms with van der Waals surface area (Å²) in [6.45, 7) is 0. The van der Waals surface area contributed by atoms with E-state index < -0.39 is 0 Å². The van der Waals surface area contributed by atoms with Crippen molar-refractivity contribution in [1.29, 1.82) is 0 Å². The molecule has 0 amide bonds. The molecule has 19 heavy (non-hydrogen) atoms. The molecule has 3 heterocycles. The maximum atomic E-state index is 11.5. The smallest absolute Gasteiger partial charge is 0.266 e. The molecular weight excluding hydrogens is 240 g/mol. The molecule has 0 aliphatic carbocycles. The van der Waals surface area contributed by atoms with Gasteiger partial charge in [-0.15, -0.1) is 0 Å². The lowest BCUT2D eigenvalue weighted by Crippen LogP contribution is -2.09.